The fourth-order valence-electron chi connectivity index (χ4n) is 4.74. The molecule has 15 heteroatoms. The van der Waals surface area contributed by atoms with Crippen molar-refractivity contribution in [2.24, 2.45) is 0 Å². The van der Waals surface area contributed by atoms with Crippen LogP contribution in [0.4, 0.5) is 52.5 Å². The van der Waals surface area contributed by atoms with E-state index in [-0.39, 0.29) is 35.1 Å². The second-order valence-electron chi connectivity index (χ2n) is 11.2. The summed E-state index contributed by atoms with van der Waals surface area (Å²) in [6.45, 7) is 8.76. The summed E-state index contributed by atoms with van der Waals surface area (Å²) in [5.41, 5.74) is 1.20. The van der Waals surface area contributed by atoms with Crippen LogP contribution >= 0.6 is 11.6 Å². The highest BCUT2D eigenvalue weighted by atomic mass is 35.5. The first-order valence-corrected chi connectivity index (χ1v) is 14.6. The lowest BCUT2D eigenvalue weighted by molar-refractivity contribution is -0.137. The Balaban J connectivity index is 1.79. The summed E-state index contributed by atoms with van der Waals surface area (Å²) in [5.74, 6) is 0.209. The lowest BCUT2D eigenvalue weighted by Crippen LogP contribution is -2.48. The summed E-state index contributed by atoms with van der Waals surface area (Å²) in [4.78, 5) is 41.8. The largest absolute Gasteiger partial charge is 0.494 e. The summed E-state index contributed by atoms with van der Waals surface area (Å²) in [5, 5.41) is 5.65. The number of aromatic nitrogens is 2. The molecule has 1 aliphatic heterocycles. The molecule has 0 unspecified atom stereocenters. The maximum Gasteiger partial charge on any atom is 0.416 e. The van der Waals surface area contributed by atoms with Crippen LogP contribution in [0.5, 0.6) is 5.75 Å². The minimum atomic E-state index is -4.62. The van der Waals surface area contributed by atoms with Crippen molar-refractivity contribution < 1.29 is 27.5 Å². The van der Waals surface area contributed by atoms with Crippen molar-refractivity contribution in [3.63, 3.8) is 0 Å². The number of hydrogen-bond donors (Lipinski definition) is 2. The van der Waals surface area contributed by atoms with Crippen molar-refractivity contribution in [2.75, 3.05) is 61.8 Å². The average Bonchev–Trinajstić information content (AvgIpc) is 2.99. The molecule has 2 N–H and O–H groups in total. The minimum Gasteiger partial charge on any atom is -0.494 e. The van der Waals surface area contributed by atoms with Crippen molar-refractivity contribution in [3.8, 4) is 5.75 Å². The number of rotatable bonds is 11. The van der Waals surface area contributed by atoms with Crippen molar-refractivity contribution >= 4 is 58.1 Å². The first-order valence-electron chi connectivity index (χ1n) is 14.3. The minimum absolute atomic E-state index is 0.0352. The van der Waals surface area contributed by atoms with Gasteiger partial charge in [-0.25, -0.2) is 14.7 Å². The summed E-state index contributed by atoms with van der Waals surface area (Å²) in [7, 11) is 7.30. The van der Waals surface area contributed by atoms with Gasteiger partial charge in [-0.15, -0.1) is 0 Å². The zero-order valence-electron chi connectivity index (χ0n) is 26.4. The molecule has 0 aliphatic carbocycles. The second kappa shape index (κ2) is 13.8. The number of carbonyl (C=O) groups excluding carboxylic acids is 2. The molecule has 0 atom stereocenters. The molecule has 0 spiro atoms. The van der Waals surface area contributed by atoms with Gasteiger partial charge >= 0.3 is 12.2 Å². The molecule has 0 bridgehead atoms. The van der Waals surface area contributed by atoms with Gasteiger partial charge < -0.3 is 30.1 Å². The number of alkyl halides is 3. The van der Waals surface area contributed by atoms with Gasteiger partial charge in [0.25, 0.3) is 0 Å². The second-order valence-corrected chi connectivity index (χ2v) is 11.6. The quantitative estimate of drug-likeness (QED) is 0.225. The molecular weight excluding hydrogens is 625 g/mol. The molecule has 0 fully saturated rings. The van der Waals surface area contributed by atoms with Crippen LogP contribution in [-0.2, 0) is 17.5 Å². The van der Waals surface area contributed by atoms with E-state index < -0.39 is 23.7 Å². The number of methoxy groups -OCH3 is 1. The maximum absolute atomic E-state index is 13.7. The number of nitrogens with zero attached hydrogens (tertiary/aromatic N) is 6. The third-order valence-corrected chi connectivity index (χ3v) is 7.57. The lowest BCUT2D eigenvalue weighted by atomic mass is 10.1. The third-order valence-electron chi connectivity index (χ3n) is 7.27. The molecule has 46 heavy (non-hydrogen) atoms. The normalized spacial score (nSPS) is 13.2. The summed E-state index contributed by atoms with van der Waals surface area (Å²) in [6, 6.07) is 5.47. The number of urea groups is 1. The first-order chi connectivity index (χ1) is 21.6. The number of halogens is 4. The Morgan fingerprint density at radius 2 is 1.89 bits per heavy atom. The SMILES string of the molecule is C=CC(=O)Nc1cc(Nc2ncc3c(n2)N(c2ccc(C(F)(F)F)cc2Cl)C(=O)N(C(C)C)C3)c(OC)cc1N(C)CCN(C)C. The average molecular weight is 661 g/mol. The smallest absolute Gasteiger partial charge is 0.416 e. The van der Waals surface area contributed by atoms with Gasteiger partial charge in [-0.2, -0.15) is 18.2 Å². The Morgan fingerprint density at radius 3 is 2.48 bits per heavy atom. The van der Waals surface area contributed by atoms with Crippen molar-refractivity contribution in [3.05, 3.63) is 65.3 Å². The summed E-state index contributed by atoms with van der Waals surface area (Å²) < 4.78 is 45.8. The van der Waals surface area contributed by atoms with Crippen LogP contribution in [0.15, 0.2) is 49.2 Å². The molecule has 3 aromatic rings. The monoisotopic (exact) mass is 660 g/mol. The van der Waals surface area contributed by atoms with E-state index in [0.29, 0.717) is 34.9 Å². The molecule has 3 amide bonds. The maximum atomic E-state index is 13.7. The molecule has 2 heterocycles. The van der Waals surface area contributed by atoms with Crippen LogP contribution < -0.4 is 25.2 Å². The number of benzene rings is 2. The number of amides is 3. The lowest BCUT2D eigenvalue weighted by Gasteiger charge is -2.38. The molecule has 4 rings (SSSR count). The van der Waals surface area contributed by atoms with Gasteiger partial charge in [0.2, 0.25) is 11.9 Å². The van der Waals surface area contributed by atoms with Gasteiger partial charge in [0.05, 0.1) is 47.0 Å². The Bertz CT molecular complexity index is 1630. The molecule has 1 aromatic heterocycles. The predicted octanol–water partition coefficient (Wildman–Crippen LogP) is 6.51. The van der Waals surface area contributed by atoms with Crippen LogP contribution in [0.1, 0.15) is 25.0 Å². The van der Waals surface area contributed by atoms with Crippen LogP contribution in [0.2, 0.25) is 5.02 Å². The number of ether oxygens (including phenoxy) is 1. The van der Waals surface area contributed by atoms with E-state index in [1.165, 1.54) is 23.1 Å². The van der Waals surface area contributed by atoms with Crippen molar-refractivity contribution in [2.45, 2.75) is 32.6 Å². The zero-order chi connectivity index (χ0) is 33.9. The van der Waals surface area contributed by atoms with Crippen LogP contribution in [0, 0.1) is 0 Å². The molecule has 246 valence electrons. The van der Waals surface area contributed by atoms with Crippen LogP contribution in [-0.4, -0.2) is 79.1 Å². The van der Waals surface area contributed by atoms with Crippen LogP contribution in [0.3, 0.4) is 0 Å². The predicted molar refractivity (Wildman–Crippen MR) is 174 cm³/mol. The molecular formula is C31H36ClF3N8O3. The third kappa shape index (κ3) is 7.45. The first kappa shape index (κ1) is 34.3. The van der Waals surface area contributed by atoms with Gasteiger partial charge in [0.1, 0.15) is 5.75 Å². The molecule has 0 radical (unpaired) electrons. The van der Waals surface area contributed by atoms with Gasteiger partial charge in [-0.05, 0) is 58.3 Å². The topological polar surface area (TPSA) is 106 Å². The van der Waals surface area contributed by atoms with E-state index in [9.17, 15) is 22.8 Å². The highest BCUT2D eigenvalue weighted by Crippen LogP contribution is 2.42. The highest BCUT2D eigenvalue weighted by molar-refractivity contribution is 6.34. The summed E-state index contributed by atoms with van der Waals surface area (Å²) in [6.07, 6.45) is -1.92. The number of anilines is 6. The standard InChI is InChI=1S/C31H36ClF3N8O3/c1-8-27(44)37-22-14-23(26(46-7)15-25(22)41(6)12-11-40(4)5)38-29-36-16-19-17-42(18(2)3)30(45)43(28(19)39-29)24-10-9-20(13-21(24)32)31(33,34)35/h8-10,13-16,18H,1,11-12,17H2,2-7H3,(H,37,44)(H,36,38,39). The Hall–Kier alpha value is -4.56. The van der Waals surface area contributed by atoms with E-state index in [0.717, 1.165) is 30.8 Å². The van der Waals surface area contributed by atoms with E-state index in [1.54, 1.807) is 12.1 Å². The van der Waals surface area contributed by atoms with Gasteiger partial charge in [0.15, 0.2) is 5.82 Å². The van der Waals surface area contributed by atoms with Crippen molar-refractivity contribution in [1.82, 2.24) is 19.8 Å². The van der Waals surface area contributed by atoms with Crippen LogP contribution in [0.25, 0.3) is 0 Å². The van der Waals surface area contributed by atoms with Gasteiger partial charge in [0, 0.05) is 44.0 Å². The van der Waals surface area contributed by atoms with Gasteiger partial charge in [-0.3, -0.25) is 4.79 Å². The van der Waals surface area contributed by atoms with E-state index in [1.807, 2.05) is 44.8 Å². The molecule has 0 saturated heterocycles. The number of hydrogen-bond acceptors (Lipinski definition) is 8. The molecule has 0 saturated carbocycles. The Morgan fingerprint density at radius 1 is 1.17 bits per heavy atom. The number of nitrogens with one attached hydrogen (secondary N) is 2. The van der Waals surface area contributed by atoms with Gasteiger partial charge in [-0.1, -0.05) is 18.2 Å². The fourth-order valence-corrected chi connectivity index (χ4v) is 5.01. The Kier molecular flexibility index (Phi) is 10.3. The Labute approximate surface area is 270 Å². The number of likely N-dealkylation sites (N-methyl/N-ethyl adjacent to an activating group) is 2. The fraction of sp³-hybridized carbons (Fsp3) is 0.355. The highest BCUT2D eigenvalue weighted by Gasteiger charge is 2.37. The number of fused-ring (bicyclic) bond motifs is 1. The van der Waals surface area contributed by atoms with Crippen molar-refractivity contribution in [1.29, 1.82) is 0 Å². The molecule has 11 nitrogen and oxygen atoms in total. The number of carbonyl (C=O) groups is 2. The van der Waals surface area contributed by atoms with E-state index in [2.05, 4.69) is 27.2 Å². The van der Waals surface area contributed by atoms with E-state index in [4.69, 9.17) is 16.3 Å². The molecule has 2 aromatic carbocycles. The van der Waals surface area contributed by atoms with E-state index >= 15 is 0 Å². The molecule has 1 aliphatic rings. The summed E-state index contributed by atoms with van der Waals surface area (Å²) >= 11 is 6.35. The zero-order valence-corrected chi connectivity index (χ0v) is 27.1.